The van der Waals surface area contributed by atoms with E-state index >= 15 is 0 Å². The van der Waals surface area contributed by atoms with Gasteiger partial charge in [-0.25, -0.2) is 0 Å². The number of hydrogen-bond acceptors (Lipinski definition) is 5. The van der Waals surface area contributed by atoms with Gasteiger partial charge >= 0.3 is 5.97 Å². The lowest BCUT2D eigenvalue weighted by Gasteiger charge is -2.37. The number of esters is 1. The second-order valence-corrected chi connectivity index (χ2v) is 6.76. The number of nitrogens with one attached hydrogen (secondary N) is 1. The Morgan fingerprint density at radius 3 is 2.71 bits per heavy atom. The van der Waals surface area contributed by atoms with Crippen molar-refractivity contribution in [1.29, 1.82) is 0 Å². The summed E-state index contributed by atoms with van der Waals surface area (Å²) in [6, 6.07) is 0.726. The van der Waals surface area contributed by atoms with Gasteiger partial charge in [0.2, 0.25) is 0 Å². The van der Waals surface area contributed by atoms with Crippen molar-refractivity contribution < 1.29 is 14.3 Å². The van der Waals surface area contributed by atoms with Gasteiger partial charge in [-0.1, -0.05) is 0 Å². The Bertz CT molecular complexity index is 361. The van der Waals surface area contributed by atoms with Gasteiger partial charge in [-0.3, -0.25) is 15.0 Å². The third kappa shape index (κ3) is 3.76. The fraction of sp³-hybridized carbons (Fsp3) is 0.938. The van der Waals surface area contributed by atoms with Gasteiger partial charge in [0.1, 0.15) is 5.54 Å². The predicted octanol–water partition coefficient (Wildman–Crippen LogP) is 1.56. The minimum Gasteiger partial charge on any atom is -0.468 e. The zero-order valence-electron chi connectivity index (χ0n) is 13.9. The van der Waals surface area contributed by atoms with E-state index in [1.165, 1.54) is 13.5 Å². The third-order valence-electron chi connectivity index (χ3n) is 4.89. The van der Waals surface area contributed by atoms with E-state index in [4.69, 9.17) is 9.47 Å². The Labute approximate surface area is 128 Å². The maximum Gasteiger partial charge on any atom is 0.326 e. The number of rotatable bonds is 5. The van der Waals surface area contributed by atoms with E-state index in [2.05, 4.69) is 24.1 Å². The second-order valence-electron chi connectivity index (χ2n) is 6.76. The van der Waals surface area contributed by atoms with Crippen molar-refractivity contribution in [2.24, 2.45) is 0 Å². The van der Waals surface area contributed by atoms with Crippen LogP contribution in [-0.4, -0.2) is 61.9 Å². The average Bonchev–Trinajstić information content (AvgIpc) is 2.91. The maximum atomic E-state index is 12.3. The summed E-state index contributed by atoms with van der Waals surface area (Å²) in [6.45, 7) is 6.27. The summed E-state index contributed by atoms with van der Waals surface area (Å²) < 4.78 is 10.6. The molecular formula is C16H30N2O3. The molecule has 2 fully saturated rings. The van der Waals surface area contributed by atoms with Crippen molar-refractivity contribution >= 4 is 5.97 Å². The van der Waals surface area contributed by atoms with Crippen LogP contribution < -0.4 is 5.32 Å². The number of likely N-dealkylation sites (tertiary alicyclic amines) is 1. The standard InChI is InChI=1S/C16H30N2O3/c1-12(2)17-16(15(19)21-4)8-7-13(10-16)18-9-5-6-14(11-18)20-3/h12-14,17H,5-11H2,1-4H3. The third-order valence-corrected chi connectivity index (χ3v) is 4.89. The Morgan fingerprint density at radius 1 is 1.33 bits per heavy atom. The molecule has 0 aromatic rings. The Hall–Kier alpha value is -0.650. The molecule has 0 radical (unpaired) electrons. The number of carbonyl (C=O) groups excluding carboxylic acids is 1. The molecule has 1 N–H and O–H groups in total. The largest absolute Gasteiger partial charge is 0.468 e. The first-order chi connectivity index (χ1) is 10.0. The van der Waals surface area contributed by atoms with Crippen molar-refractivity contribution in [3.63, 3.8) is 0 Å². The van der Waals surface area contributed by atoms with Crippen molar-refractivity contribution in [1.82, 2.24) is 10.2 Å². The summed E-state index contributed by atoms with van der Waals surface area (Å²) in [6.07, 6.45) is 5.41. The molecule has 1 saturated heterocycles. The molecule has 0 bridgehead atoms. The molecule has 0 aromatic heterocycles. The molecule has 21 heavy (non-hydrogen) atoms. The highest BCUT2D eigenvalue weighted by Gasteiger charge is 2.48. The average molecular weight is 298 g/mol. The molecule has 0 spiro atoms. The van der Waals surface area contributed by atoms with E-state index in [0.29, 0.717) is 12.1 Å². The van der Waals surface area contributed by atoms with E-state index in [9.17, 15) is 4.79 Å². The molecule has 5 heteroatoms. The highest BCUT2D eigenvalue weighted by Crippen LogP contribution is 2.36. The van der Waals surface area contributed by atoms with Gasteiger partial charge in [0.05, 0.1) is 13.2 Å². The van der Waals surface area contributed by atoms with Gasteiger partial charge in [0, 0.05) is 25.7 Å². The molecule has 0 amide bonds. The number of ether oxygens (including phenoxy) is 2. The normalized spacial score (nSPS) is 34.3. The SMILES string of the molecule is COC(=O)C1(NC(C)C)CCC(N2CCCC(OC)C2)C1. The van der Waals surface area contributed by atoms with Crippen LogP contribution in [-0.2, 0) is 14.3 Å². The second kappa shape index (κ2) is 7.07. The number of hydrogen-bond donors (Lipinski definition) is 1. The molecule has 1 heterocycles. The van der Waals surface area contributed by atoms with Gasteiger partial charge < -0.3 is 9.47 Å². The Balaban J connectivity index is 2.03. The molecule has 2 aliphatic rings. The number of piperidine rings is 1. The van der Waals surface area contributed by atoms with Crippen LogP contribution in [0.15, 0.2) is 0 Å². The van der Waals surface area contributed by atoms with E-state index in [1.807, 2.05) is 0 Å². The molecule has 1 aliphatic carbocycles. The van der Waals surface area contributed by atoms with Gasteiger partial charge in [0.25, 0.3) is 0 Å². The summed E-state index contributed by atoms with van der Waals surface area (Å²) in [5, 5.41) is 3.47. The first kappa shape index (κ1) is 16.7. The van der Waals surface area contributed by atoms with Crippen LogP contribution in [0.2, 0.25) is 0 Å². The summed E-state index contributed by atoms with van der Waals surface area (Å²) in [7, 11) is 3.28. The summed E-state index contributed by atoms with van der Waals surface area (Å²) in [5.74, 6) is -0.112. The molecule has 0 aromatic carbocycles. The zero-order valence-corrected chi connectivity index (χ0v) is 13.9. The fourth-order valence-electron chi connectivity index (χ4n) is 3.94. The van der Waals surface area contributed by atoms with Crippen molar-refractivity contribution in [2.75, 3.05) is 27.3 Å². The minimum atomic E-state index is -0.506. The first-order valence-electron chi connectivity index (χ1n) is 8.13. The van der Waals surface area contributed by atoms with Gasteiger partial charge in [-0.2, -0.15) is 0 Å². The van der Waals surface area contributed by atoms with E-state index < -0.39 is 5.54 Å². The van der Waals surface area contributed by atoms with E-state index in [1.54, 1.807) is 7.11 Å². The topological polar surface area (TPSA) is 50.8 Å². The summed E-state index contributed by atoms with van der Waals surface area (Å²) in [4.78, 5) is 14.8. The highest BCUT2D eigenvalue weighted by atomic mass is 16.5. The number of methoxy groups -OCH3 is 2. The maximum absolute atomic E-state index is 12.3. The molecular weight excluding hydrogens is 268 g/mol. The number of carbonyl (C=O) groups is 1. The van der Waals surface area contributed by atoms with Crippen LogP contribution in [0.1, 0.15) is 46.0 Å². The van der Waals surface area contributed by atoms with Crippen LogP contribution in [0.4, 0.5) is 0 Å². The van der Waals surface area contributed by atoms with E-state index in [0.717, 1.165) is 38.8 Å². The minimum absolute atomic E-state index is 0.112. The molecule has 3 unspecified atom stereocenters. The predicted molar refractivity (Wildman–Crippen MR) is 82.3 cm³/mol. The first-order valence-corrected chi connectivity index (χ1v) is 8.13. The van der Waals surface area contributed by atoms with Gasteiger partial charge in [0.15, 0.2) is 0 Å². The zero-order chi connectivity index (χ0) is 15.5. The van der Waals surface area contributed by atoms with Crippen LogP contribution >= 0.6 is 0 Å². The number of nitrogens with zero attached hydrogens (tertiary/aromatic N) is 1. The van der Waals surface area contributed by atoms with Crippen molar-refractivity contribution in [2.45, 2.75) is 69.7 Å². The van der Waals surface area contributed by atoms with Crippen LogP contribution in [0.25, 0.3) is 0 Å². The smallest absolute Gasteiger partial charge is 0.326 e. The van der Waals surface area contributed by atoms with Crippen molar-refractivity contribution in [3.05, 3.63) is 0 Å². The lowest BCUT2D eigenvalue weighted by Crippen LogP contribution is -2.55. The van der Waals surface area contributed by atoms with Crippen LogP contribution in [0, 0.1) is 0 Å². The Morgan fingerprint density at radius 2 is 2.10 bits per heavy atom. The van der Waals surface area contributed by atoms with Crippen molar-refractivity contribution in [3.8, 4) is 0 Å². The lowest BCUT2D eigenvalue weighted by atomic mass is 9.95. The Kier molecular flexibility index (Phi) is 5.63. The van der Waals surface area contributed by atoms with Gasteiger partial charge in [-0.05, 0) is 52.5 Å². The molecule has 5 nitrogen and oxygen atoms in total. The van der Waals surface area contributed by atoms with E-state index in [-0.39, 0.29) is 12.0 Å². The quantitative estimate of drug-likeness (QED) is 0.781. The van der Waals surface area contributed by atoms with Gasteiger partial charge in [-0.15, -0.1) is 0 Å². The molecule has 1 aliphatic heterocycles. The van der Waals surface area contributed by atoms with Crippen LogP contribution in [0.3, 0.4) is 0 Å². The highest BCUT2D eigenvalue weighted by molar-refractivity contribution is 5.81. The molecule has 3 atom stereocenters. The van der Waals surface area contributed by atoms with Crippen LogP contribution in [0.5, 0.6) is 0 Å². The monoisotopic (exact) mass is 298 g/mol. The summed E-state index contributed by atoms with van der Waals surface area (Å²) in [5.41, 5.74) is -0.506. The molecule has 122 valence electrons. The fourth-order valence-corrected chi connectivity index (χ4v) is 3.94. The summed E-state index contributed by atoms with van der Waals surface area (Å²) >= 11 is 0. The lowest BCUT2D eigenvalue weighted by molar-refractivity contribution is -0.149. The molecule has 1 saturated carbocycles. The molecule has 2 rings (SSSR count).